The van der Waals surface area contributed by atoms with Crippen molar-refractivity contribution in [1.82, 2.24) is 9.88 Å². The second kappa shape index (κ2) is 7.50. The number of aromatic nitrogens is 1. The molecule has 0 saturated carbocycles. The van der Waals surface area contributed by atoms with Crippen molar-refractivity contribution in [2.45, 2.75) is 12.6 Å². The summed E-state index contributed by atoms with van der Waals surface area (Å²) in [5, 5.41) is 3.22. The molecular formula is C28H20N2O3S. The van der Waals surface area contributed by atoms with E-state index in [-0.39, 0.29) is 18.7 Å². The van der Waals surface area contributed by atoms with Gasteiger partial charge in [0.15, 0.2) is 11.5 Å². The summed E-state index contributed by atoms with van der Waals surface area (Å²) in [6.07, 6.45) is 0. The van der Waals surface area contributed by atoms with E-state index in [1.807, 2.05) is 47.4 Å². The highest BCUT2D eigenvalue weighted by molar-refractivity contribution is 7.13. The zero-order valence-electron chi connectivity index (χ0n) is 18.2. The molecule has 0 bridgehead atoms. The van der Waals surface area contributed by atoms with Gasteiger partial charge >= 0.3 is 0 Å². The number of para-hydroxylation sites is 1. The summed E-state index contributed by atoms with van der Waals surface area (Å²) in [7, 11) is 0. The maximum absolute atomic E-state index is 13.7. The number of carbonyl (C=O) groups is 1. The summed E-state index contributed by atoms with van der Waals surface area (Å²) in [5.41, 5.74) is 6.08. The second-order valence-corrected chi connectivity index (χ2v) is 9.49. The number of fused-ring (bicyclic) bond motifs is 3. The number of H-pyrrole nitrogens is 1. The molecule has 5 nitrogen and oxygen atoms in total. The van der Waals surface area contributed by atoms with Crippen molar-refractivity contribution in [3.05, 3.63) is 106 Å². The van der Waals surface area contributed by atoms with E-state index in [0.29, 0.717) is 6.54 Å². The third kappa shape index (κ3) is 2.89. The molecule has 0 spiro atoms. The first-order chi connectivity index (χ1) is 16.8. The van der Waals surface area contributed by atoms with Gasteiger partial charge in [-0.05, 0) is 46.8 Å². The van der Waals surface area contributed by atoms with Gasteiger partial charge in [-0.25, -0.2) is 0 Å². The average Bonchev–Trinajstić information content (AvgIpc) is 3.65. The van der Waals surface area contributed by atoms with E-state index in [2.05, 4.69) is 46.8 Å². The minimum atomic E-state index is -0.206. The van der Waals surface area contributed by atoms with Crippen LogP contribution in [0.5, 0.6) is 11.5 Å². The zero-order chi connectivity index (χ0) is 22.6. The van der Waals surface area contributed by atoms with Gasteiger partial charge in [-0.3, -0.25) is 4.79 Å². The molecule has 2 aliphatic heterocycles. The van der Waals surface area contributed by atoms with Crippen molar-refractivity contribution in [2.75, 3.05) is 6.79 Å². The Morgan fingerprint density at radius 3 is 2.71 bits per heavy atom. The molecule has 166 valence electrons. The van der Waals surface area contributed by atoms with E-state index in [1.165, 1.54) is 0 Å². The summed E-state index contributed by atoms with van der Waals surface area (Å²) in [4.78, 5) is 20.5. The SMILES string of the molecule is O=C1c2ccccc2[C@H](c2c(-c3cccs3)[nH]c3ccccc23)N1Cc1ccc2c(c1)OCO2. The van der Waals surface area contributed by atoms with Crippen molar-refractivity contribution in [3.8, 4) is 22.1 Å². The van der Waals surface area contributed by atoms with E-state index < -0.39 is 0 Å². The maximum atomic E-state index is 13.7. The summed E-state index contributed by atoms with van der Waals surface area (Å²) in [6, 6.07) is 26.2. The fourth-order valence-electron chi connectivity index (χ4n) is 5.14. The van der Waals surface area contributed by atoms with Gasteiger partial charge in [0.2, 0.25) is 6.79 Å². The lowest BCUT2D eigenvalue weighted by Gasteiger charge is -2.27. The molecule has 0 fully saturated rings. The molecule has 5 aromatic rings. The molecule has 4 heterocycles. The maximum Gasteiger partial charge on any atom is 0.255 e. The molecule has 34 heavy (non-hydrogen) atoms. The fourth-order valence-corrected chi connectivity index (χ4v) is 5.88. The molecule has 6 heteroatoms. The molecule has 0 aliphatic carbocycles. The molecule has 1 N–H and O–H groups in total. The van der Waals surface area contributed by atoms with Gasteiger partial charge in [0, 0.05) is 28.6 Å². The first kappa shape index (κ1) is 19.4. The molecule has 1 atom stereocenters. The highest BCUT2D eigenvalue weighted by Crippen LogP contribution is 2.47. The topological polar surface area (TPSA) is 54.6 Å². The number of hydrogen-bond acceptors (Lipinski definition) is 4. The van der Waals surface area contributed by atoms with Gasteiger partial charge in [0.05, 0.1) is 16.6 Å². The largest absolute Gasteiger partial charge is 0.454 e. The molecule has 2 aromatic heterocycles. The third-order valence-electron chi connectivity index (χ3n) is 6.64. The van der Waals surface area contributed by atoms with Gasteiger partial charge in [0.1, 0.15) is 0 Å². The molecule has 0 radical (unpaired) electrons. The van der Waals surface area contributed by atoms with Crippen LogP contribution in [-0.4, -0.2) is 22.6 Å². The van der Waals surface area contributed by atoms with Crippen LogP contribution in [-0.2, 0) is 6.54 Å². The number of rotatable bonds is 4. The summed E-state index contributed by atoms with van der Waals surface area (Å²) in [5.74, 6) is 1.51. The minimum Gasteiger partial charge on any atom is -0.454 e. The Morgan fingerprint density at radius 2 is 1.79 bits per heavy atom. The number of amides is 1. The molecule has 3 aromatic carbocycles. The van der Waals surface area contributed by atoms with Crippen LogP contribution in [0.15, 0.2) is 84.2 Å². The lowest BCUT2D eigenvalue weighted by Crippen LogP contribution is -2.28. The summed E-state index contributed by atoms with van der Waals surface area (Å²) in [6.45, 7) is 0.702. The van der Waals surface area contributed by atoms with Gasteiger partial charge in [-0.2, -0.15) is 0 Å². The number of nitrogens with zero attached hydrogens (tertiary/aromatic N) is 1. The molecule has 2 aliphatic rings. The van der Waals surface area contributed by atoms with Crippen molar-refractivity contribution >= 4 is 28.1 Å². The fraction of sp³-hybridized carbons (Fsp3) is 0.107. The second-order valence-electron chi connectivity index (χ2n) is 8.55. The predicted molar refractivity (Wildman–Crippen MR) is 132 cm³/mol. The Hall–Kier alpha value is -4.03. The van der Waals surface area contributed by atoms with Gasteiger partial charge in [0.25, 0.3) is 5.91 Å². The smallest absolute Gasteiger partial charge is 0.255 e. The Labute approximate surface area is 200 Å². The number of hydrogen-bond donors (Lipinski definition) is 1. The van der Waals surface area contributed by atoms with E-state index in [1.54, 1.807) is 11.3 Å². The first-order valence-electron chi connectivity index (χ1n) is 11.2. The van der Waals surface area contributed by atoms with Gasteiger partial charge < -0.3 is 19.4 Å². The number of benzene rings is 3. The minimum absolute atomic E-state index is 0.0423. The highest BCUT2D eigenvalue weighted by atomic mass is 32.1. The van der Waals surface area contributed by atoms with Crippen LogP contribution < -0.4 is 9.47 Å². The Kier molecular flexibility index (Phi) is 4.29. The number of nitrogens with one attached hydrogen (secondary N) is 1. The normalized spacial score (nSPS) is 16.4. The van der Waals surface area contributed by atoms with Crippen LogP contribution in [0.2, 0.25) is 0 Å². The van der Waals surface area contributed by atoms with Crippen molar-refractivity contribution in [1.29, 1.82) is 0 Å². The first-order valence-corrected chi connectivity index (χ1v) is 12.1. The average molecular weight is 465 g/mol. The molecule has 7 rings (SSSR count). The lowest BCUT2D eigenvalue weighted by molar-refractivity contribution is 0.0737. The third-order valence-corrected chi connectivity index (χ3v) is 7.52. The summed E-state index contributed by atoms with van der Waals surface area (Å²) < 4.78 is 11.1. The van der Waals surface area contributed by atoms with Crippen LogP contribution in [0.4, 0.5) is 0 Å². The standard InChI is InChI=1S/C28H20N2O3S/c31-28-19-7-2-1-6-18(19)27(30(28)15-17-11-12-22-23(14-17)33-16-32-22)25-20-8-3-4-9-21(20)29-26(25)24-10-5-13-34-24/h1-14,27,29H,15-16H2/t27-/m1/s1. The molecule has 1 amide bonds. The van der Waals surface area contributed by atoms with E-state index in [0.717, 1.165) is 55.2 Å². The lowest BCUT2D eigenvalue weighted by atomic mass is 9.94. The Bertz CT molecular complexity index is 1550. The van der Waals surface area contributed by atoms with Gasteiger partial charge in [-0.1, -0.05) is 48.5 Å². The van der Waals surface area contributed by atoms with Crippen LogP contribution in [0, 0.1) is 0 Å². The van der Waals surface area contributed by atoms with E-state index in [4.69, 9.17) is 9.47 Å². The molecule has 0 saturated heterocycles. The zero-order valence-corrected chi connectivity index (χ0v) is 19.0. The number of thiophene rings is 1. The highest BCUT2D eigenvalue weighted by Gasteiger charge is 2.40. The van der Waals surface area contributed by atoms with Crippen molar-refractivity contribution in [2.24, 2.45) is 0 Å². The summed E-state index contributed by atoms with van der Waals surface area (Å²) >= 11 is 1.70. The van der Waals surface area contributed by atoms with Crippen LogP contribution in [0.1, 0.15) is 33.1 Å². The Balaban J connectivity index is 1.42. The quantitative estimate of drug-likeness (QED) is 0.336. The van der Waals surface area contributed by atoms with Crippen LogP contribution >= 0.6 is 11.3 Å². The number of aromatic amines is 1. The van der Waals surface area contributed by atoms with Crippen LogP contribution in [0.25, 0.3) is 21.5 Å². The number of ether oxygens (including phenoxy) is 2. The van der Waals surface area contributed by atoms with E-state index in [9.17, 15) is 4.79 Å². The molecule has 0 unspecified atom stereocenters. The predicted octanol–water partition coefficient (Wildman–Crippen LogP) is 6.37. The Morgan fingerprint density at radius 1 is 0.941 bits per heavy atom. The van der Waals surface area contributed by atoms with Gasteiger partial charge in [-0.15, -0.1) is 11.3 Å². The van der Waals surface area contributed by atoms with Crippen molar-refractivity contribution in [3.63, 3.8) is 0 Å². The van der Waals surface area contributed by atoms with Crippen molar-refractivity contribution < 1.29 is 14.3 Å². The molecular weight excluding hydrogens is 444 g/mol. The monoisotopic (exact) mass is 464 g/mol. The number of carbonyl (C=O) groups excluding carboxylic acids is 1. The van der Waals surface area contributed by atoms with Crippen LogP contribution in [0.3, 0.4) is 0 Å². The van der Waals surface area contributed by atoms with E-state index >= 15 is 0 Å².